The van der Waals surface area contributed by atoms with E-state index in [9.17, 15) is 9.59 Å². The lowest BCUT2D eigenvalue weighted by molar-refractivity contribution is -0.926. The molecule has 0 aromatic heterocycles. The molecule has 0 spiro atoms. The minimum atomic E-state index is -0.224. The summed E-state index contributed by atoms with van der Waals surface area (Å²) in [6.07, 6.45) is 8.65. The topological polar surface area (TPSA) is 126 Å². The Labute approximate surface area is 439 Å². The van der Waals surface area contributed by atoms with Gasteiger partial charge in [0.05, 0.1) is 110 Å². The number of hydrogen-bond donors (Lipinski definition) is 0. The van der Waals surface area contributed by atoms with E-state index in [1.165, 1.54) is 22.3 Å². The fourth-order valence-corrected chi connectivity index (χ4v) is 10.4. The number of carbonyl (C=O) groups excluding carboxylic acids is 2. The molecule has 72 heavy (non-hydrogen) atoms. The highest BCUT2D eigenvalue weighted by molar-refractivity contribution is 5.70. The third-order valence-electron chi connectivity index (χ3n) is 13.9. The lowest BCUT2D eigenvalue weighted by Gasteiger charge is -2.43. The summed E-state index contributed by atoms with van der Waals surface area (Å²) >= 11 is 0. The summed E-state index contributed by atoms with van der Waals surface area (Å²) in [5.74, 6) is 5.67. The van der Waals surface area contributed by atoms with Crippen LogP contribution in [0.15, 0.2) is 72.8 Å². The molecule has 4 aromatic rings. The molecule has 0 saturated carbocycles. The first-order chi connectivity index (χ1) is 33.8. The second-order valence-corrected chi connectivity index (χ2v) is 19.1. The minimum Gasteiger partial charge on any atom is -1.00 e. The molecule has 0 fully saturated rings. The van der Waals surface area contributed by atoms with Gasteiger partial charge in [-0.2, -0.15) is 0 Å². The predicted octanol–water partition coefficient (Wildman–Crippen LogP) is 3.02. The Morgan fingerprint density at radius 1 is 0.486 bits per heavy atom. The molecule has 0 N–H and O–H groups in total. The number of carbonyl (C=O) groups is 2. The van der Waals surface area contributed by atoms with Gasteiger partial charge in [-0.05, 0) is 96.5 Å². The summed E-state index contributed by atoms with van der Waals surface area (Å²) in [6.45, 7) is 5.89. The number of likely N-dealkylation sites (N-methyl/N-ethyl adjacent to an activating group) is 2. The lowest BCUT2D eigenvalue weighted by Crippen LogP contribution is -3.00. The number of ether oxygens (including phenoxy) is 10. The Hall–Kier alpha value is -5.54. The molecule has 4 aromatic carbocycles. The highest BCUT2D eigenvalue weighted by Gasteiger charge is 2.38. The van der Waals surface area contributed by atoms with Crippen LogP contribution in [0.4, 0.5) is 0 Å². The molecule has 16 heteroatoms. The maximum absolute atomic E-state index is 12.7. The zero-order valence-corrected chi connectivity index (χ0v) is 45.5. The van der Waals surface area contributed by atoms with Crippen LogP contribution < -0.4 is 62.7 Å². The molecule has 4 atom stereocenters. The van der Waals surface area contributed by atoms with Crippen molar-refractivity contribution in [2.45, 2.75) is 76.3 Å². The van der Waals surface area contributed by atoms with Crippen molar-refractivity contribution in [2.24, 2.45) is 0 Å². The number of halogens is 2. The predicted molar refractivity (Wildman–Crippen MR) is 269 cm³/mol. The molecule has 6 rings (SSSR count). The molecule has 0 bridgehead atoms. The van der Waals surface area contributed by atoms with Crippen molar-refractivity contribution in [2.75, 3.05) is 110 Å². The summed E-state index contributed by atoms with van der Waals surface area (Å²) in [7, 11) is 17.8. The Kier molecular flexibility index (Phi) is 23.0. The Morgan fingerprint density at radius 2 is 0.819 bits per heavy atom. The lowest BCUT2D eigenvalue weighted by atomic mass is 9.83. The standard InChI is InChI=1S/C56H76N2O12.2ClH/c1-57(35-41(27-39-19-21-47(61-3)49(29-39)63-5)45-33-53(67-9)51(65-7)31-43(45)37-57)23-15-25-69-55(59)17-13-11-12-14-18-56(60)70-26-16-24-58(2)36-42(28-40-20-22-48(62-4)50(30-40)64-6)46-34-54(68-10)52(66-8)32-44(46)38-58;;/h11-12,19-22,29-34,41-42H,13-18,23-28,35-38H2,1-10H3;2*1H/q+2;;/p-2/b12-11+;;/t41-,42+,57+,58-;;. The molecular formula is C56H76Cl2N2O12. The number of methoxy groups -OCH3 is 8. The van der Waals surface area contributed by atoms with E-state index in [0.717, 1.165) is 96.5 Å². The van der Waals surface area contributed by atoms with Crippen LogP contribution in [0, 0.1) is 0 Å². The summed E-state index contributed by atoms with van der Waals surface area (Å²) in [6, 6.07) is 20.7. The molecule has 2 aliphatic heterocycles. The first-order valence-electron chi connectivity index (χ1n) is 24.4. The second kappa shape index (κ2) is 28.1. The molecule has 0 radical (unpaired) electrons. The fraction of sp³-hybridized carbons (Fsp3) is 0.500. The number of hydrogen-bond acceptors (Lipinski definition) is 12. The van der Waals surface area contributed by atoms with Crippen molar-refractivity contribution in [3.63, 3.8) is 0 Å². The van der Waals surface area contributed by atoms with E-state index in [-0.39, 0.29) is 61.4 Å². The van der Waals surface area contributed by atoms with Crippen LogP contribution in [0.2, 0.25) is 0 Å². The van der Waals surface area contributed by atoms with Gasteiger partial charge in [-0.3, -0.25) is 9.59 Å². The second-order valence-electron chi connectivity index (χ2n) is 19.1. The van der Waals surface area contributed by atoms with Gasteiger partial charge in [0, 0.05) is 48.6 Å². The molecule has 0 saturated heterocycles. The molecule has 0 amide bonds. The van der Waals surface area contributed by atoms with Gasteiger partial charge >= 0.3 is 11.9 Å². The number of quaternary nitrogens is 2. The molecule has 2 heterocycles. The SMILES string of the molecule is COc1ccc(C[C@@H]2C[N@+](C)(CCCOC(=O)CC/C=C/CCC(=O)OCCC[N@@+]3(C)Cc4cc(OC)c(OC)cc4[C@@H](Cc4ccc(OC)c(OC)c4)C3)Cc3cc(OC)c(OC)cc32)cc1OC.[Cl-].[Cl-]. The first kappa shape index (κ1) is 59.0. The van der Waals surface area contributed by atoms with Crippen molar-refractivity contribution < 1.29 is 90.7 Å². The summed E-state index contributed by atoms with van der Waals surface area (Å²) in [5, 5.41) is 0. The number of fused-ring (bicyclic) bond motifs is 2. The molecule has 2 aliphatic rings. The van der Waals surface area contributed by atoms with Crippen LogP contribution in [0.5, 0.6) is 46.0 Å². The summed E-state index contributed by atoms with van der Waals surface area (Å²) in [4.78, 5) is 25.4. The van der Waals surface area contributed by atoms with Crippen molar-refractivity contribution >= 4 is 11.9 Å². The molecule has 0 aliphatic carbocycles. The van der Waals surface area contributed by atoms with Gasteiger partial charge in [-0.15, -0.1) is 0 Å². The Bertz CT molecular complexity index is 2270. The quantitative estimate of drug-likeness (QED) is 0.0398. The smallest absolute Gasteiger partial charge is 0.306 e. The van der Waals surface area contributed by atoms with Crippen molar-refractivity contribution in [1.29, 1.82) is 0 Å². The van der Waals surface area contributed by atoms with E-state index in [2.05, 4.69) is 62.6 Å². The maximum Gasteiger partial charge on any atom is 0.306 e. The first-order valence-corrected chi connectivity index (χ1v) is 24.4. The van der Waals surface area contributed by atoms with E-state index in [4.69, 9.17) is 47.4 Å². The minimum absolute atomic E-state index is 0. The summed E-state index contributed by atoms with van der Waals surface area (Å²) in [5.41, 5.74) is 7.28. The van der Waals surface area contributed by atoms with Crippen molar-refractivity contribution in [3.05, 3.63) is 106 Å². The van der Waals surface area contributed by atoms with E-state index in [1.807, 2.05) is 24.3 Å². The fourth-order valence-electron chi connectivity index (χ4n) is 10.4. The highest BCUT2D eigenvalue weighted by Crippen LogP contribution is 2.43. The third-order valence-corrected chi connectivity index (χ3v) is 13.9. The van der Waals surface area contributed by atoms with Crippen LogP contribution in [0.3, 0.4) is 0 Å². The van der Waals surface area contributed by atoms with Crippen molar-refractivity contribution in [3.8, 4) is 46.0 Å². The normalized spacial score (nSPS) is 18.8. The monoisotopic (exact) mass is 1040 g/mol. The van der Waals surface area contributed by atoms with Crippen LogP contribution in [0.25, 0.3) is 0 Å². The van der Waals surface area contributed by atoms with E-state index in [0.29, 0.717) is 60.6 Å². The number of benzene rings is 4. The van der Waals surface area contributed by atoms with Crippen LogP contribution in [-0.2, 0) is 45.0 Å². The average molecular weight is 1040 g/mol. The zero-order chi connectivity index (χ0) is 50.3. The number of nitrogens with zero attached hydrogens (tertiary/aromatic N) is 2. The van der Waals surface area contributed by atoms with Gasteiger partial charge in [0.25, 0.3) is 0 Å². The highest BCUT2D eigenvalue weighted by atomic mass is 35.5. The Balaban J connectivity index is 0.00000562. The number of allylic oxidation sites excluding steroid dienone is 2. The van der Waals surface area contributed by atoms with E-state index in [1.54, 1.807) is 56.9 Å². The summed E-state index contributed by atoms with van der Waals surface area (Å²) < 4.78 is 57.9. The van der Waals surface area contributed by atoms with Gasteiger partial charge < -0.3 is 81.1 Å². The zero-order valence-electron chi connectivity index (χ0n) is 43.9. The van der Waals surface area contributed by atoms with Crippen LogP contribution in [0.1, 0.15) is 83.7 Å². The van der Waals surface area contributed by atoms with Gasteiger partial charge in [0.2, 0.25) is 0 Å². The van der Waals surface area contributed by atoms with E-state index < -0.39 is 0 Å². The van der Waals surface area contributed by atoms with Gasteiger partial charge in [-0.25, -0.2) is 0 Å². The molecule has 0 unspecified atom stereocenters. The van der Waals surface area contributed by atoms with E-state index >= 15 is 0 Å². The third kappa shape index (κ3) is 15.5. The number of esters is 2. The van der Waals surface area contributed by atoms with Crippen LogP contribution >= 0.6 is 0 Å². The van der Waals surface area contributed by atoms with Gasteiger partial charge in [0.1, 0.15) is 13.1 Å². The Morgan fingerprint density at radius 3 is 1.17 bits per heavy atom. The average Bonchev–Trinajstić information content (AvgIpc) is 3.36. The maximum atomic E-state index is 12.7. The largest absolute Gasteiger partial charge is 1.00 e. The number of rotatable bonds is 26. The van der Waals surface area contributed by atoms with Gasteiger partial charge in [-0.1, -0.05) is 24.3 Å². The molecule has 396 valence electrons. The van der Waals surface area contributed by atoms with Crippen LogP contribution in [-0.4, -0.2) is 131 Å². The van der Waals surface area contributed by atoms with Crippen molar-refractivity contribution in [1.82, 2.24) is 0 Å². The van der Waals surface area contributed by atoms with Gasteiger partial charge in [0.15, 0.2) is 46.0 Å². The molecule has 14 nitrogen and oxygen atoms in total. The molecular weight excluding hydrogens is 964 g/mol.